The normalized spacial score (nSPS) is 23.9. The van der Waals surface area contributed by atoms with E-state index < -0.39 is 0 Å². The van der Waals surface area contributed by atoms with Crippen molar-refractivity contribution < 1.29 is 0 Å². The van der Waals surface area contributed by atoms with Gasteiger partial charge in [0.1, 0.15) is 0 Å². The highest BCUT2D eigenvalue weighted by Crippen LogP contribution is 2.24. The van der Waals surface area contributed by atoms with Crippen LogP contribution in [0.4, 0.5) is 0 Å². The van der Waals surface area contributed by atoms with E-state index in [-0.39, 0.29) is 0 Å². The van der Waals surface area contributed by atoms with E-state index in [2.05, 4.69) is 23.9 Å². The Morgan fingerprint density at radius 3 is 3.00 bits per heavy atom. The molecule has 0 amide bonds. The molecule has 0 spiro atoms. The van der Waals surface area contributed by atoms with Crippen LogP contribution < -0.4 is 5.73 Å². The highest BCUT2D eigenvalue weighted by Gasteiger charge is 2.08. The Hall–Kier alpha value is 0.0500. The fourth-order valence-corrected chi connectivity index (χ4v) is 2.47. The van der Waals surface area contributed by atoms with Crippen LogP contribution in [0.5, 0.6) is 0 Å². The molecule has 0 heterocycles. The maximum atomic E-state index is 5.42. The molecule has 0 aromatic rings. The lowest BCUT2D eigenvalue weighted by Crippen LogP contribution is -2.07. The third-order valence-electron chi connectivity index (χ3n) is 1.92. The van der Waals surface area contributed by atoms with Gasteiger partial charge in [-0.05, 0) is 38.0 Å². The van der Waals surface area contributed by atoms with Crippen molar-refractivity contribution in [3.8, 4) is 0 Å². The van der Waals surface area contributed by atoms with Gasteiger partial charge in [-0.3, -0.25) is 0 Å². The Balaban J connectivity index is 2.02. The lowest BCUT2D eigenvalue weighted by atomic mass is 10.1. The van der Waals surface area contributed by atoms with Gasteiger partial charge >= 0.3 is 0 Å². The Bertz CT molecular complexity index is 123. The van der Waals surface area contributed by atoms with E-state index in [1.165, 1.54) is 31.4 Å². The number of nitrogens with two attached hydrogens (primary N) is 1. The molecule has 0 radical (unpaired) electrons. The van der Waals surface area contributed by atoms with Gasteiger partial charge in [0.15, 0.2) is 0 Å². The molecule has 0 fully saturated rings. The van der Waals surface area contributed by atoms with Crippen molar-refractivity contribution in [3.63, 3.8) is 0 Å². The third kappa shape index (κ3) is 3.82. The molecule has 1 aliphatic carbocycles. The number of hydrogen-bond acceptors (Lipinski definition) is 2. The molecule has 0 aromatic heterocycles. The van der Waals surface area contributed by atoms with Crippen molar-refractivity contribution in [3.05, 3.63) is 12.2 Å². The molecule has 1 rings (SSSR count). The molecular weight excluding hydrogens is 154 g/mol. The molecule has 1 unspecified atom stereocenters. The molecule has 1 nitrogen and oxygen atoms in total. The van der Waals surface area contributed by atoms with E-state index in [9.17, 15) is 0 Å². The maximum absolute atomic E-state index is 5.42. The molecule has 1 atom stereocenters. The van der Waals surface area contributed by atoms with Gasteiger partial charge in [0.2, 0.25) is 0 Å². The van der Waals surface area contributed by atoms with E-state index in [1.54, 1.807) is 0 Å². The zero-order chi connectivity index (χ0) is 7.94. The van der Waals surface area contributed by atoms with Gasteiger partial charge in [0.05, 0.1) is 0 Å². The van der Waals surface area contributed by atoms with Crippen LogP contribution in [0.3, 0.4) is 0 Å². The first-order chi connectivity index (χ1) is 5.43. The first-order valence-corrected chi connectivity index (χ1v) is 5.45. The SMILES string of the molecule is NCCCSC1CC=CCC1. The monoisotopic (exact) mass is 171 g/mol. The van der Waals surface area contributed by atoms with Crippen LogP contribution in [-0.2, 0) is 0 Å². The van der Waals surface area contributed by atoms with Crippen molar-refractivity contribution in [2.24, 2.45) is 5.73 Å². The van der Waals surface area contributed by atoms with E-state index in [4.69, 9.17) is 5.73 Å². The lowest BCUT2D eigenvalue weighted by molar-refractivity contribution is 0.746. The number of allylic oxidation sites excluding steroid dienone is 2. The summed E-state index contributed by atoms with van der Waals surface area (Å²) in [5.74, 6) is 1.25. The number of thioether (sulfide) groups is 1. The van der Waals surface area contributed by atoms with E-state index >= 15 is 0 Å². The molecule has 0 saturated carbocycles. The Morgan fingerprint density at radius 1 is 1.45 bits per heavy atom. The van der Waals surface area contributed by atoms with Crippen LogP contribution in [0.15, 0.2) is 12.2 Å². The van der Waals surface area contributed by atoms with Crippen molar-refractivity contribution in [1.29, 1.82) is 0 Å². The van der Waals surface area contributed by atoms with E-state index in [0.29, 0.717) is 0 Å². The quantitative estimate of drug-likeness (QED) is 0.518. The number of hydrogen-bond donors (Lipinski definition) is 1. The maximum Gasteiger partial charge on any atom is 0.00844 e. The van der Waals surface area contributed by atoms with Gasteiger partial charge in [-0.1, -0.05) is 12.2 Å². The van der Waals surface area contributed by atoms with Gasteiger partial charge in [-0.2, -0.15) is 11.8 Å². The summed E-state index contributed by atoms with van der Waals surface area (Å²) in [6.07, 6.45) is 9.69. The molecular formula is C9H17NS. The van der Waals surface area contributed by atoms with Gasteiger partial charge in [-0.15, -0.1) is 0 Å². The standard InChI is InChI=1S/C9H17NS/c10-7-4-8-11-9-5-2-1-3-6-9/h1-2,9H,3-8,10H2. The highest BCUT2D eigenvalue weighted by molar-refractivity contribution is 7.99. The summed E-state index contributed by atoms with van der Waals surface area (Å²) in [6, 6.07) is 0. The molecule has 2 heteroatoms. The van der Waals surface area contributed by atoms with Crippen molar-refractivity contribution >= 4 is 11.8 Å². The predicted molar refractivity (Wildman–Crippen MR) is 52.9 cm³/mol. The zero-order valence-corrected chi connectivity index (χ0v) is 7.78. The van der Waals surface area contributed by atoms with Gasteiger partial charge in [0, 0.05) is 5.25 Å². The fourth-order valence-electron chi connectivity index (χ4n) is 1.25. The average molecular weight is 171 g/mol. The Morgan fingerprint density at radius 2 is 2.36 bits per heavy atom. The molecule has 0 bridgehead atoms. The average Bonchev–Trinajstić information content (AvgIpc) is 2.07. The Kier molecular flexibility index (Phi) is 4.71. The first-order valence-electron chi connectivity index (χ1n) is 4.40. The van der Waals surface area contributed by atoms with Gasteiger partial charge < -0.3 is 5.73 Å². The third-order valence-corrected chi connectivity index (χ3v) is 3.35. The molecule has 0 aliphatic heterocycles. The van der Waals surface area contributed by atoms with Crippen LogP contribution in [0.2, 0.25) is 0 Å². The highest BCUT2D eigenvalue weighted by atomic mass is 32.2. The second-order valence-electron chi connectivity index (χ2n) is 2.92. The molecule has 0 aromatic carbocycles. The summed E-state index contributed by atoms with van der Waals surface area (Å²) in [6.45, 7) is 0.843. The van der Waals surface area contributed by atoms with Crippen molar-refractivity contribution in [1.82, 2.24) is 0 Å². The molecule has 11 heavy (non-hydrogen) atoms. The summed E-state index contributed by atoms with van der Waals surface area (Å²) < 4.78 is 0. The molecule has 0 saturated heterocycles. The smallest absolute Gasteiger partial charge is 0.00844 e. The summed E-state index contributed by atoms with van der Waals surface area (Å²) >= 11 is 2.09. The minimum atomic E-state index is 0.843. The molecule has 1 aliphatic rings. The Labute approximate surface area is 73.4 Å². The summed E-state index contributed by atoms with van der Waals surface area (Å²) in [7, 11) is 0. The van der Waals surface area contributed by atoms with E-state index in [0.717, 1.165) is 11.8 Å². The summed E-state index contributed by atoms with van der Waals surface area (Å²) in [5, 5.41) is 0.881. The molecule has 64 valence electrons. The topological polar surface area (TPSA) is 26.0 Å². The van der Waals surface area contributed by atoms with Crippen molar-refractivity contribution in [2.45, 2.75) is 30.9 Å². The van der Waals surface area contributed by atoms with Crippen molar-refractivity contribution in [2.75, 3.05) is 12.3 Å². The largest absolute Gasteiger partial charge is 0.330 e. The van der Waals surface area contributed by atoms with E-state index in [1.807, 2.05) is 0 Å². The first kappa shape index (κ1) is 9.14. The lowest BCUT2D eigenvalue weighted by Gasteiger charge is -2.16. The summed E-state index contributed by atoms with van der Waals surface area (Å²) in [4.78, 5) is 0. The second-order valence-corrected chi connectivity index (χ2v) is 4.33. The summed E-state index contributed by atoms with van der Waals surface area (Å²) in [5.41, 5.74) is 5.42. The van der Waals surface area contributed by atoms with Crippen LogP contribution in [0.1, 0.15) is 25.7 Å². The van der Waals surface area contributed by atoms with Crippen LogP contribution in [-0.4, -0.2) is 17.5 Å². The second kappa shape index (κ2) is 5.67. The minimum absolute atomic E-state index is 0.843. The van der Waals surface area contributed by atoms with Gasteiger partial charge in [0.25, 0.3) is 0 Å². The van der Waals surface area contributed by atoms with Crippen LogP contribution in [0.25, 0.3) is 0 Å². The number of rotatable bonds is 4. The van der Waals surface area contributed by atoms with Crippen LogP contribution >= 0.6 is 11.8 Å². The van der Waals surface area contributed by atoms with Crippen LogP contribution in [0, 0.1) is 0 Å². The fraction of sp³-hybridized carbons (Fsp3) is 0.778. The zero-order valence-electron chi connectivity index (χ0n) is 6.96. The predicted octanol–water partition coefficient (Wildman–Crippen LogP) is 2.18. The molecule has 2 N–H and O–H groups in total. The van der Waals surface area contributed by atoms with Gasteiger partial charge in [-0.25, -0.2) is 0 Å². The minimum Gasteiger partial charge on any atom is -0.330 e.